The molecule has 0 aromatic heterocycles. The molecule has 2 aliphatic rings. The molecule has 0 saturated heterocycles. The molecule has 0 heterocycles. The van der Waals surface area contributed by atoms with Gasteiger partial charge in [-0.15, -0.1) is 0 Å². The quantitative estimate of drug-likeness (QED) is 0.646. The van der Waals surface area contributed by atoms with Gasteiger partial charge >= 0.3 is 0 Å². The Labute approximate surface area is 115 Å². The molecular formula is C16H26O3. The van der Waals surface area contributed by atoms with Crippen molar-refractivity contribution in [2.45, 2.75) is 45.4 Å². The van der Waals surface area contributed by atoms with Crippen molar-refractivity contribution in [1.29, 1.82) is 0 Å². The maximum Gasteiger partial charge on any atom is 0.0543 e. The standard InChI is InChI=1S/C16H26O3/c1-15(13-6-2-3-7-13,14-8-4-5-9-14)16(10-17,11-18)12-19/h6,8,17-19H,2-5,7,9-12H2,1H3. The van der Waals surface area contributed by atoms with Crippen molar-refractivity contribution in [1.82, 2.24) is 0 Å². The van der Waals surface area contributed by atoms with Crippen LogP contribution < -0.4 is 0 Å². The van der Waals surface area contributed by atoms with E-state index < -0.39 is 10.8 Å². The van der Waals surface area contributed by atoms with Gasteiger partial charge in [-0.25, -0.2) is 0 Å². The zero-order valence-electron chi connectivity index (χ0n) is 11.9. The van der Waals surface area contributed by atoms with E-state index in [1.165, 1.54) is 11.1 Å². The Balaban J connectivity index is 2.49. The van der Waals surface area contributed by atoms with Gasteiger partial charge in [-0.2, -0.15) is 0 Å². The van der Waals surface area contributed by atoms with Crippen molar-refractivity contribution in [3.05, 3.63) is 23.3 Å². The fraction of sp³-hybridized carbons (Fsp3) is 0.750. The fourth-order valence-electron chi connectivity index (χ4n) is 3.76. The lowest BCUT2D eigenvalue weighted by Gasteiger charge is -2.48. The Morgan fingerprint density at radius 2 is 1.32 bits per heavy atom. The van der Waals surface area contributed by atoms with Crippen LogP contribution in [0.4, 0.5) is 0 Å². The minimum absolute atomic E-state index is 0.189. The molecule has 0 amide bonds. The minimum atomic E-state index is -0.862. The number of hydrogen-bond donors (Lipinski definition) is 3. The highest BCUT2D eigenvalue weighted by Crippen LogP contribution is 2.55. The highest BCUT2D eigenvalue weighted by atomic mass is 16.3. The van der Waals surface area contributed by atoms with Crippen molar-refractivity contribution in [2.24, 2.45) is 10.8 Å². The molecule has 0 aromatic carbocycles. The van der Waals surface area contributed by atoms with E-state index in [4.69, 9.17) is 0 Å². The van der Waals surface area contributed by atoms with Crippen LogP contribution in [0.5, 0.6) is 0 Å². The number of hydrogen-bond acceptors (Lipinski definition) is 3. The van der Waals surface area contributed by atoms with Crippen LogP contribution in [0.2, 0.25) is 0 Å². The average Bonchev–Trinajstić information content (AvgIpc) is 3.14. The monoisotopic (exact) mass is 266 g/mol. The van der Waals surface area contributed by atoms with E-state index in [-0.39, 0.29) is 19.8 Å². The normalized spacial score (nSPS) is 20.6. The molecule has 0 radical (unpaired) electrons. The van der Waals surface area contributed by atoms with Gasteiger partial charge < -0.3 is 15.3 Å². The smallest absolute Gasteiger partial charge is 0.0543 e. The number of allylic oxidation sites excluding steroid dienone is 4. The Bertz CT molecular complexity index is 345. The lowest BCUT2D eigenvalue weighted by molar-refractivity contribution is -0.0563. The molecule has 0 aliphatic heterocycles. The van der Waals surface area contributed by atoms with Gasteiger partial charge in [0, 0.05) is 5.41 Å². The molecule has 19 heavy (non-hydrogen) atoms. The van der Waals surface area contributed by atoms with Crippen LogP contribution in [0.3, 0.4) is 0 Å². The maximum atomic E-state index is 9.86. The molecule has 3 nitrogen and oxygen atoms in total. The Morgan fingerprint density at radius 3 is 1.58 bits per heavy atom. The van der Waals surface area contributed by atoms with Crippen LogP contribution in [0.15, 0.2) is 23.3 Å². The molecule has 108 valence electrons. The summed E-state index contributed by atoms with van der Waals surface area (Å²) in [6, 6.07) is 0. The molecular weight excluding hydrogens is 240 g/mol. The lowest BCUT2D eigenvalue weighted by Crippen LogP contribution is -2.50. The summed E-state index contributed by atoms with van der Waals surface area (Å²) in [6.07, 6.45) is 10.9. The summed E-state index contributed by atoms with van der Waals surface area (Å²) in [4.78, 5) is 0. The van der Waals surface area contributed by atoms with E-state index in [2.05, 4.69) is 19.1 Å². The van der Waals surface area contributed by atoms with Crippen molar-refractivity contribution < 1.29 is 15.3 Å². The summed E-state index contributed by atoms with van der Waals surface area (Å²) in [5, 5.41) is 29.6. The van der Waals surface area contributed by atoms with Crippen LogP contribution in [-0.4, -0.2) is 35.1 Å². The van der Waals surface area contributed by atoms with E-state index >= 15 is 0 Å². The zero-order valence-corrected chi connectivity index (χ0v) is 11.9. The second-order valence-corrected chi connectivity index (χ2v) is 6.12. The molecule has 2 aliphatic carbocycles. The first-order valence-corrected chi connectivity index (χ1v) is 7.36. The minimum Gasteiger partial charge on any atom is -0.396 e. The topological polar surface area (TPSA) is 60.7 Å². The maximum absolute atomic E-state index is 9.86. The number of rotatable bonds is 6. The van der Waals surface area contributed by atoms with Crippen LogP contribution in [-0.2, 0) is 0 Å². The molecule has 0 fully saturated rings. The first-order valence-electron chi connectivity index (χ1n) is 7.36. The van der Waals surface area contributed by atoms with Gasteiger partial charge in [-0.05, 0) is 38.5 Å². The third-order valence-electron chi connectivity index (χ3n) is 5.34. The summed E-state index contributed by atoms with van der Waals surface area (Å²) in [5.74, 6) is 0. The van der Waals surface area contributed by atoms with Gasteiger partial charge in [0.05, 0.1) is 25.2 Å². The largest absolute Gasteiger partial charge is 0.396 e. The molecule has 2 rings (SSSR count). The summed E-state index contributed by atoms with van der Waals surface area (Å²) in [7, 11) is 0. The second-order valence-electron chi connectivity index (χ2n) is 6.12. The molecule has 0 saturated carbocycles. The number of aliphatic hydroxyl groups is 3. The Morgan fingerprint density at radius 1 is 0.895 bits per heavy atom. The number of aliphatic hydroxyl groups excluding tert-OH is 3. The summed E-state index contributed by atoms with van der Waals surface area (Å²) in [6.45, 7) is 1.53. The van der Waals surface area contributed by atoms with Crippen molar-refractivity contribution in [3.8, 4) is 0 Å². The summed E-state index contributed by atoms with van der Waals surface area (Å²) < 4.78 is 0. The van der Waals surface area contributed by atoms with Crippen molar-refractivity contribution in [2.75, 3.05) is 19.8 Å². The fourth-order valence-corrected chi connectivity index (χ4v) is 3.76. The molecule has 0 atom stereocenters. The third-order valence-corrected chi connectivity index (χ3v) is 5.34. The van der Waals surface area contributed by atoms with Crippen molar-refractivity contribution in [3.63, 3.8) is 0 Å². The van der Waals surface area contributed by atoms with E-state index in [9.17, 15) is 15.3 Å². The average molecular weight is 266 g/mol. The predicted molar refractivity (Wildman–Crippen MR) is 75.7 cm³/mol. The van der Waals surface area contributed by atoms with Gasteiger partial charge in [-0.3, -0.25) is 0 Å². The predicted octanol–water partition coefficient (Wildman–Crippen LogP) is 2.18. The lowest BCUT2D eigenvalue weighted by atomic mass is 9.57. The van der Waals surface area contributed by atoms with Gasteiger partial charge in [0.15, 0.2) is 0 Å². The molecule has 0 bridgehead atoms. The van der Waals surface area contributed by atoms with E-state index in [1.54, 1.807) is 0 Å². The third kappa shape index (κ3) is 2.18. The highest BCUT2D eigenvalue weighted by molar-refractivity contribution is 5.36. The molecule has 0 unspecified atom stereocenters. The molecule has 0 aromatic rings. The Kier molecular flexibility index (Phi) is 4.49. The molecule has 3 heteroatoms. The van der Waals surface area contributed by atoms with E-state index in [0.29, 0.717) is 0 Å². The van der Waals surface area contributed by atoms with Crippen LogP contribution in [0, 0.1) is 10.8 Å². The molecule has 0 spiro atoms. The summed E-state index contributed by atoms with van der Waals surface area (Å²) >= 11 is 0. The van der Waals surface area contributed by atoms with Gasteiger partial charge in [-0.1, -0.05) is 30.2 Å². The van der Waals surface area contributed by atoms with Crippen LogP contribution >= 0.6 is 0 Å². The first-order chi connectivity index (χ1) is 9.14. The SMILES string of the molecule is CC(C1=CCCC1)(C1=CCCC1)C(CO)(CO)CO. The Hall–Kier alpha value is -0.640. The van der Waals surface area contributed by atoms with Gasteiger partial charge in [0.25, 0.3) is 0 Å². The van der Waals surface area contributed by atoms with E-state index in [0.717, 1.165) is 38.5 Å². The van der Waals surface area contributed by atoms with Crippen molar-refractivity contribution >= 4 is 0 Å². The van der Waals surface area contributed by atoms with E-state index in [1.807, 2.05) is 0 Å². The second kappa shape index (κ2) is 5.78. The highest BCUT2D eigenvalue weighted by Gasteiger charge is 2.51. The van der Waals surface area contributed by atoms with Crippen LogP contribution in [0.25, 0.3) is 0 Å². The molecule has 3 N–H and O–H groups in total. The first kappa shape index (κ1) is 14.8. The van der Waals surface area contributed by atoms with Gasteiger partial charge in [0.2, 0.25) is 0 Å². The zero-order chi connectivity index (χ0) is 13.9. The van der Waals surface area contributed by atoms with Crippen LogP contribution in [0.1, 0.15) is 45.4 Å². The van der Waals surface area contributed by atoms with Gasteiger partial charge in [0.1, 0.15) is 0 Å². The summed E-state index contributed by atoms with van der Waals surface area (Å²) in [5.41, 5.74) is 1.31.